The van der Waals surface area contributed by atoms with E-state index in [0.717, 1.165) is 57.8 Å². The summed E-state index contributed by atoms with van der Waals surface area (Å²) in [6.45, 7) is 7.05. The average Bonchev–Trinajstić information content (AvgIpc) is 3.36. The van der Waals surface area contributed by atoms with Crippen molar-refractivity contribution in [3.63, 3.8) is 0 Å². The fourth-order valence-electron chi connectivity index (χ4n) is 9.64. The number of hydrogen-bond acceptors (Lipinski definition) is 6. The lowest BCUT2D eigenvalue weighted by Gasteiger charge is -2.27. The number of allylic oxidation sites excluding steroid dienone is 3. The predicted octanol–water partition coefficient (Wildman–Crippen LogP) is 19.7. The van der Waals surface area contributed by atoms with Crippen LogP contribution in [0.3, 0.4) is 0 Å². The van der Waals surface area contributed by atoms with Gasteiger partial charge in [-0.25, -0.2) is 4.57 Å². The molecule has 0 rings (SSSR count). The molecule has 438 valence electrons. The normalized spacial score (nSPS) is 13.8. The molecule has 1 amide bonds. The van der Waals surface area contributed by atoms with Crippen molar-refractivity contribution in [2.24, 2.45) is 0 Å². The molecule has 0 aliphatic carbocycles. The molecular weight excluding hydrogens is 940 g/mol. The van der Waals surface area contributed by atoms with Crippen molar-refractivity contribution < 1.29 is 37.3 Å². The van der Waals surface area contributed by atoms with Crippen molar-refractivity contribution in [1.82, 2.24) is 5.32 Å². The summed E-state index contributed by atoms with van der Waals surface area (Å²) in [6.07, 6.45) is 64.5. The van der Waals surface area contributed by atoms with Gasteiger partial charge in [-0.3, -0.25) is 18.6 Å². The van der Waals surface area contributed by atoms with E-state index in [1.807, 2.05) is 33.3 Å². The minimum Gasteiger partial charge on any atom is -0.456 e. The second-order valence-corrected chi connectivity index (χ2v) is 24.7. The zero-order valence-corrected chi connectivity index (χ0v) is 51.0. The number of phosphoric acid groups is 1. The van der Waals surface area contributed by atoms with Crippen LogP contribution >= 0.6 is 7.82 Å². The van der Waals surface area contributed by atoms with Gasteiger partial charge in [0.25, 0.3) is 0 Å². The molecule has 0 aliphatic rings. The zero-order chi connectivity index (χ0) is 54.3. The van der Waals surface area contributed by atoms with Gasteiger partial charge in [0.1, 0.15) is 19.3 Å². The van der Waals surface area contributed by atoms with Gasteiger partial charge < -0.3 is 19.4 Å². The molecule has 3 unspecified atom stereocenters. The van der Waals surface area contributed by atoms with Crippen LogP contribution in [0.2, 0.25) is 0 Å². The summed E-state index contributed by atoms with van der Waals surface area (Å²) in [5.41, 5.74) is 0. The Kier molecular flexibility index (Phi) is 53.7. The van der Waals surface area contributed by atoms with Crippen molar-refractivity contribution in [2.45, 2.75) is 335 Å². The number of ether oxygens (including phenoxy) is 1. The molecule has 0 saturated heterocycles. The summed E-state index contributed by atoms with van der Waals surface area (Å²) in [7, 11) is 1.51. The maximum Gasteiger partial charge on any atom is 0.472 e. The number of carbonyl (C=O) groups excluding carboxylic acids is 2. The highest BCUT2D eigenvalue weighted by Crippen LogP contribution is 2.43. The van der Waals surface area contributed by atoms with Crippen LogP contribution in [0.15, 0.2) is 24.3 Å². The molecule has 0 fully saturated rings. The Hall–Kier alpha value is -1.51. The van der Waals surface area contributed by atoms with Gasteiger partial charge in [0.15, 0.2) is 0 Å². The lowest BCUT2D eigenvalue weighted by molar-refractivity contribution is -0.870. The fourth-order valence-corrected chi connectivity index (χ4v) is 10.4. The molecule has 0 heterocycles. The quantitative estimate of drug-likeness (QED) is 0.0205. The number of nitrogens with one attached hydrogen (secondary N) is 1. The lowest BCUT2D eigenvalue weighted by Crippen LogP contribution is -2.47. The van der Waals surface area contributed by atoms with Gasteiger partial charge in [0, 0.05) is 12.8 Å². The van der Waals surface area contributed by atoms with Crippen LogP contribution in [0.25, 0.3) is 0 Å². The van der Waals surface area contributed by atoms with Gasteiger partial charge in [-0.2, -0.15) is 0 Å². The van der Waals surface area contributed by atoms with Crippen LogP contribution in [-0.4, -0.2) is 74.3 Å². The topological polar surface area (TPSA) is 111 Å². The monoisotopic (exact) mass is 1070 g/mol. The van der Waals surface area contributed by atoms with Gasteiger partial charge in [0.05, 0.1) is 33.8 Å². The molecule has 0 radical (unpaired) electrons. The molecule has 10 heteroatoms. The first-order valence-corrected chi connectivity index (χ1v) is 33.7. The Morgan fingerprint density at radius 3 is 1.15 bits per heavy atom. The van der Waals surface area contributed by atoms with E-state index in [1.165, 1.54) is 231 Å². The lowest BCUT2D eigenvalue weighted by atomic mass is 10.0. The number of esters is 1. The third kappa shape index (κ3) is 55.3. The highest BCUT2D eigenvalue weighted by atomic mass is 31.2. The fraction of sp³-hybridized carbons (Fsp3) is 0.906. The van der Waals surface area contributed by atoms with E-state index in [1.54, 1.807) is 0 Å². The van der Waals surface area contributed by atoms with Crippen molar-refractivity contribution in [3.05, 3.63) is 24.3 Å². The minimum absolute atomic E-state index is 0.0435. The highest BCUT2D eigenvalue weighted by molar-refractivity contribution is 7.47. The minimum atomic E-state index is -4.44. The summed E-state index contributed by atoms with van der Waals surface area (Å²) >= 11 is 0. The van der Waals surface area contributed by atoms with E-state index >= 15 is 0 Å². The predicted molar refractivity (Wildman–Crippen MR) is 319 cm³/mol. The van der Waals surface area contributed by atoms with Crippen molar-refractivity contribution >= 4 is 19.7 Å². The number of phosphoric ester groups is 1. The molecule has 74 heavy (non-hydrogen) atoms. The van der Waals surface area contributed by atoms with Crippen LogP contribution in [0.4, 0.5) is 0 Å². The van der Waals surface area contributed by atoms with E-state index in [2.05, 4.69) is 38.2 Å². The average molecular weight is 1070 g/mol. The third-order valence-corrected chi connectivity index (χ3v) is 15.6. The van der Waals surface area contributed by atoms with E-state index < -0.39 is 20.0 Å². The first-order chi connectivity index (χ1) is 35.9. The third-order valence-electron chi connectivity index (χ3n) is 14.6. The van der Waals surface area contributed by atoms with E-state index in [9.17, 15) is 19.0 Å². The first-order valence-electron chi connectivity index (χ1n) is 32.2. The maximum absolute atomic E-state index is 13.6. The molecular formula is C64H126N2O7P+. The smallest absolute Gasteiger partial charge is 0.456 e. The molecule has 0 bridgehead atoms. The van der Waals surface area contributed by atoms with Gasteiger partial charge >= 0.3 is 13.8 Å². The van der Waals surface area contributed by atoms with E-state index in [4.69, 9.17) is 13.8 Å². The van der Waals surface area contributed by atoms with Crippen LogP contribution in [-0.2, 0) is 27.9 Å². The molecule has 2 N–H and O–H groups in total. The summed E-state index contributed by atoms with van der Waals surface area (Å²) in [5, 5.41) is 3.07. The molecule has 0 aromatic carbocycles. The Labute approximate surface area is 460 Å². The molecule has 0 spiro atoms. The number of unbranched alkanes of at least 4 members (excludes halogenated alkanes) is 41. The second-order valence-electron chi connectivity index (χ2n) is 23.3. The summed E-state index contributed by atoms with van der Waals surface area (Å²) in [5.74, 6) is -0.489. The Bertz CT molecular complexity index is 1320. The molecule has 0 aromatic rings. The van der Waals surface area contributed by atoms with Gasteiger partial charge in [-0.05, 0) is 57.4 Å². The Balaban J connectivity index is 5.19. The van der Waals surface area contributed by atoms with Gasteiger partial charge in [-0.1, -0.05) is 277 Å². The van der Waals surface area contributed by atoms with Crippen LogP contribution in [0.5, 0.6) is 0 Å². The number of hydrogen-bond donors (Lipinski definition) is 2. The number of quaternary nitrogens is 1. The van der Waals surface area contributed by atoms with Gasteiger partial charge in [-0.15, -0.1) is 0 Å². The molecule has 3 atom stereocenters. The van der Waals surface area contributed by atoms with Gasteiger partial charge in [0.2, 0.25) is 5.91 Å². The van der Waals surface area contributed by atoms with Crippen molar-refractivity contribution in [1.29, 1.82) is 0 Å². The van der Waals surface area contributed by atoms with Crippen LogP contribution in [0, 0.1) is 0 Å². The summed E-state index contributed by atoms with van der Waals surface area (Å²) in [6, 6.07) is -0.843. The number of rotatable bonds is 59. The number of carbonyl (C=O) groups is 2. The zero-order valence-electron chi connectivity index (χ0n) is 50.1. The Morgan fingerprint density at radius 2 is 0.784 bits per heavy atom. The number of amides is 1. The van der Waals surface area contributed by atoms with Crippen molar-refractivity contribution in [2.75, 3.05) is 40.9 Å². The molecule has 9 nitrogen and oxygen atoms in total. The largest absolute Gasteiger partial charge is 0.472 e. The van der Waals surface area contributed by atoms with Crippen LogP contribution in [0.1, 0.15) is 323 Å². The first kappa shape index (κ1) is 72.5. The number of nitrogens with zero attached hydrogens (tertiary/aromatic N) is 1. The molecule has 0 saturated carbocycles. The summed E-state index contributed by atoms with van der Waals surface area (Å²) in [4.78, 5) is 37.7. The number of likely N-dealkylation sites (N-methyl/N-ethyl adjacent to an activating group) is 1. The maximum atomic E-state index is 13.6. The SMILES string of the molecule is CCCCCCCC/C=C/CCCCCCCCCCCC(=O)NC(COP(=O)(O)OCC[N+](C)(C)C)C(/C=C/CCCCCCCCCCCC)OC(=O)CCCCCCCCCCCCCCCCCCC. The summed E-state index contributed by atoms with van der Waals surface area (Å²) < 4.78 is 30.7. The van der Waals surface area contributed by atoms with Crippen molar-refractivity contribution in [3.8, 4) is 0 Å². The molecule has 0 aliphatic heterocycles. The van der Waals surface area contributed by atoms with E-state index in [-0.39, 0.29) is 25.1 Å². The molecule has 0 aromatic heterocycles. The standard InChI is InChI=1S/C64H125N2O7P/c1-7-10-13-16-19-22-25-28-30-32-33-35-36-38-41-44-47-50-53-56-63(67)65-61(60-72-74(69,70)71-59-58-66(4,5)6)62(55-52-49-46-43-40-27-24-21-18-15-12-9-3)73-64(68)57-54-51-48-45-42-39-37-34-31-29-26-23-20-17-14-11-8-2/h28,30,52,55,61-62H,7-27,29,31-51,53-54,56-60H2,1-6H3,(H-,65,67,69,70)/p+1/b30-28+,55-52+. The second kappa shape index (κ2) is 54.8. The highest BCUT2D eigenvalue weighted by Gasteiger charge is 2.30. The van der Waals surface area contributed by atoms with Crippen LogP contribution < -0.4 is 5.32 Å². The van der Waals surface area contributed by atoms with E-state index in [0.29, 0.717) is 23.9 Å². The Morgan fingerprint density at radius 1 is 0.459 bits per heavy atom.